The van der Waals surface area contributed by atoms with Crippen LogP contribution < -0.4 is 0 Å². The van der Waals surface area contributed by atoms with Gasteiger partial charge in [-0.15, -0.1) is 0 Å². The van der Waals surface area contributed by atoms with Gasteiger partial charge in [-0.3, -0.25) is 5.10 Å². The van der Waals surface area contributed by atoms with Crippen molar-refractivity contribution in [2.24, 2.45) is 11.8 Å². The highest BCUT2D eigenvalue weighted by Gasteiger charge is 2.57. The van der Waals surface area contributed by atoms with Gasteiger partial charge in [0.2, 0.25) is 0 Å². The van der Waals surface area contributed by atoms with E-state index in [1.165, 1.54) is 0 Å². The van der Waals surface area contributed by atoms with E-state index in [4.69, 9.17) is 9.84 Å². The summed E-state index contributed by atoms with van der Waals surface area (Å²) in [4.78, 5) is 11.6. The second kappa shape index (κ2) is 3.31. The average molecular weight is 222 g/mol. The van der Waals surface area contributed by atoms with Gasteiger partial charge in [-0.05, 0) is 25.2 Å². The highest BCUT2D eigenvalue weighted by atomic mass is 16.5. The van der Waals surface area contributed by atoms with E-state index >= 15 is 0 Å². The summed E-state index contributed by atoms with van der Waals surface area (Å²) in [6.07, 6.45) is 0.843. The normalized spacial score (nSPS) is 29.8. The molecule has 1 saturated carbocycles. The maximum atomic E-state index is 11.6. The lowest BCUT2D eigenvalue weighted by Crippen LogP contribution is -2.08. The van der Waals surface area contributed by atoms with Crippen LogP contribution in [0.2, 0.25) is 0 Å². The molecule has 1 unspecified atom stereocenters. The number of aromatic amines is 1. The summed E-state index contributed by atoms with van der Waals surface area (Å²) in [6.45, 7) is 2.38. The molecule has 2 N–H and O–H groups in total. The number of ether oxygens (including phenoxy) is 1. The number of nitrogens with one attached hydrogen (secondary N) is 1. The standard InChI is InChI=1S/C11H14N2O3/c1-2-16-11(15)10-6-3-5-7(4-14)8(5)9(6)12-13-10/h5,7-8,14H,2-4H2,1H3,(H,12,13)/t5-,7?,8-/m1/s1. The molecule has 0 saturated heterocycles. The number of aromatic nitrogens is 2. The van der Waals surface area contributed by atoms with Crippen molar-refractivity contribution in [1.29, 1.82) is 0 Å². The van der Waals surface area contributed by atoms with Gasteiger partial charge in [0.25, 0.3) is 0 Å². The van der Waals surface area contributed by atoms with Gasteiger partial charge >= 0.3 is 5.97 Å². The average Bonchev–Trinajstić information content (AvgIpc) is 2.64. The van der Waals surface area contributed by atoms with Crippen LogP contribution in [-0.2, 0) is 11.2 Å². The van der Waals surface area contributed by atoms with Crippen LogP contribution in [0.3, 0.4) is 0 Å². The summed E-state index contributed by atoms with van der Waals surface area (Å²) in [5.74, 6) is 0.883. The van der Waals surface area contributed by atoms with E-state index in [2.05, 4.69) is 10.2 Å². The number of nitrogens with zero attached hydrogens (tertiary/aromatic N) is 1. The molecule has 5 nitrogen and oxygen atoms in total. The predicted octanol–water partition coefficient (Wildman–Crippen LogP) is 0.464. The first-order chi connectivity index (χ1) is 7.77. The van der Waals surface area contributed by atoms with Crippen molar-refractivity contribution in [3.8, 4) is 0 Å². The Labute approximate surface area is 92.8 Å². The first-order valence-electron chi connectivity index (χ1n) is 5.63. The number of esters is 1. The lowest BCUT2D eigenvalue weighted by molar-refractivity contribution is 0.0518. The number of hydrogen-bond donors (Lipinski definition) is 2. The second-order valence-electron chi connectivity index (χ2n) is 4.42. The third-order valence-corrected chi connectivity index (χ3v) is 3.68. The number of rotatable bonds is 3. The lowest BCUT2D eigenvalue weighted by atomic mass is 10.1. The molecule has 0 amide bonds. The zero-order valence-electron chi connectivity index (χ0n) is 9.06. The minimum atomic E-state index is -0.321. The van der Waals surface area contributed by atoms with Crippen molar-refractivity contribution in [1.82, 2.24) is 10.2 Å². The minimum Gasteiger partial charge on any atom is -0.461 e. The molecule has 1 heterocycles. The Balaban J connectivity index is 1.86. The number of fused-ring (bicyclic) bond motifs is 3. The first-order valence-corrected chi connectivity index (χ1v) is 5.63. The maximum absolute atomic E-state index is 11.6. The molecule has 86 valence electrons. The molecule has 5 heteroatoms. The first kappa shape index (κ1) is 9.84. The monoisotopic (exact) mass is 222 g/mol. The summed E-state index contributed by atoms with van der Waals surface area (Å²) >= 11 is 0. The summed E-state index contributed by atoms with van der Waals surface area (Å²) in [6, 6.07) is 0. The van der Waals surface area contributed by atoms with Crippen molar-refractivity contribution in [3.05, 3.63) is 17.0 Å². The van der Waals surface area contributed by atoms with Crippen LogP contribution >= 0.6 is 0 Å². The molecule has 0 aliphatic heterocycles. The fourth-order valence-electron chi connectivity index (χ4n) is 2.85. The van der Waals surface area contributed by atoms with Gasteiger partial charge in [-0.1, -0.05) is 0 Å². The molecule has 0 spiro atoms. The Morgan fingerprint density at radius 3 is 3.19 bits per heavy atom. The molecule has 0 bridgehead atoms. The van der Waals surface area contributed by atoms with E-state index in [1.807, 2.05) is 0 Å². The minimum absolute atomic E-state index is 0.219. The van der Waals surface area contributed by atoms with Gasteiger partial charge in [-0.2, -0.15) is 5.10 Å². The molecule has 1 aromatic rings. The summed E-state index contributed by atoms with van der Waals surface area (Å²) in [5, 5.41) is 16.0. The molecule has 3 rings (SSSR count). The Hall–Kier alpha value is -1.36. The zero-order chi connectivity index (χ0) is 11.3. The molecular formula is C11H14N2O3. The highest BCUT2D eigenvalue weighted by molar-refractivity contribution is 5.89. The second-order valence-corrected chi connectivity index (χ2v) is 4.42. The van der Waals surface area contributed by atoms with E-state index in [-0.39, 0.29) is 12.6 Å². The Morgan fingerprint density at radius 1 is 1.69 bits per heavy atom. The smallest absolute Gasteiger partial charge is 0.356 e. The highest BCUT2D eigenvalue weighted by Crippen LogP contribution is 2.60. The van der Waals surface area contributed by atoms with Gasteiger partial charge in [0.05, 0.1) is 12.3 Å². The van der Waals surface area contributed by atoms with Crippen LogP contribution in [0.5, 0.6) is 0 Å². The third kappa shape index (κ3) is 1.15. The number of H-pyrrole nitrogens is 1. The number of carbonyl (C=O) groups is 1. The van der Waals surface area contributed by atoms with E-state index in [0.717, 1.165) is 17.7 Å². The van der Waals surface area contributed by atoms with Crippen LogP contribution in [0.1, 0.15) is 34.6 Å². The zero-order valence-corrected chi connectivity index (χ0v) is 9.06. The largest absolute Gasteiger partial charge is 0.461 e. The van der Waals surface area contributed by atoms with Gasteiger partial charge in [0.15, 0.2) is 0 Å². The molecule has 16 heavy (non-hydrogen) atoms. The SMILES string of the molecule is CCOC(=O)c1[nH]nc2c1C[C@@H]1C(CO)[C@H]21. The van der Waals surface area contributed by atoms with Crippen LogP contribution in [0, 0.1) is 11.8 Å². The van der Waals surface area contributed by atoms with Crippen molar-refractivity contribution in [3.63, 3.8) is 0 Å². The van der Waals surface area contributed by atoms with Gasteiger partial charge in [0.1, 0.15) is 5.69 Å². The van der Waals surface area contributed by atoms with Crippen molar-refractivity contribution >= 4 is 5.97 Å². The lowest BCUT2D eigenvalue weighted by Gasteiger charge is -2.02. The van der Waals surface area contributed by atoms with E-state index in [0.29, 0.717) is 30.1 Å². The topological polar surface area (TPSA) is 75.2 Å². The van der Waals surface area contributed by atoms with Crippen LogP contribution in [0.25, 0.3) is 0 Å². The predicted molar refractivity (Wildman–Crippen MR) is 55.1 cm³/mol. The molecule has 2 aliphatic rings. The van der Waals surface area contributed by atoms with E-state index in [1.54, 1.807) is 6.92 Å². The molecule has 1 aromatic heterocycles. The molecule has 1 fully saturated rings. The van der Waals surface area contributed by atoms with Gasteiger partial charge in [0, 0.05) is 18.1 Å². The number of hydrogen-bond acceptors (Lipinski definition) is 4. The molecule has 0 radical (unpaired) electrons. The third-order valence-electron chi connectivity index (χ3n) is 3.68. The van der Waals surface area contributed by atoms with Crippen molar-refractivity contribution in [2.75, 3.05) is 13.2 Å². The quantitative estimate of drug-likeness (QED) is 0.729. The van der Waals surface area contributed by atoms with E-state index in [9.17, 15) is 4.79 Å². The molecule has 0 aromatic carbocycles. The molecular weight excluding hydrogens is 208 g/mol. The fourth-order valence-corrected chi connectivity index (χ4v) is 2.85. The maximum Gasteiger partial charge on any atom is 0.356 e. The Bertz CT molecular complexity index is 440. The molecule has 2 aliphatic carbocycles. The molecule has 3 atom stereocenters. The Kier molecular flexibility index (Phi) is 2.04. The number of aliphatic hydroxyl groups excluding tert-OH is 1. The Morgan fingerprint density at radius 2 is 2.50 bits per heavy atom. The van der Waals surface area contributed by atoms with Crippen LogP contribution in [0.15, 0.2) is 0 Å². The van der Waals surface area contributed by atoms with E-state index < -0.39 is 0 Å². The van der Waals surface area contributed by atoms with Crippen molar-refractivity contribution in [2.45, 2.75) is 19.3 Å². The number of aliphatic hydroxyl groups is 1. The van der Waals surface area contributed by atoms with Crippen LogP contribution in [-0.4, -0.2) is 34.5 Å². The summed E-state index contributed by atoms with van der Waals surface area (Å²) in [5.41, 5.74) is 2.46. The summed E-state index contributed by atoms with van der Waals surface area (Å²) < 4.78 is 4.96. The van der Waals surface area contributed by atoms with Gasteiger partial charge in [-0.25, -0.2) is 4.79 Å². The number of carbonyl (C=O) groups excluding carboxylic acids is 1. The van der Waals surface area contributed by atoms with Crippen LogP contribution in [0.4, 0.5) is 0 Å². The summed E-state index contributed by atoms with van der Waals surface area (Å²) in [7, 11) is 0. The van der Waals surface area contributed by atoms with Gasteiger partial charge < -0.3 is 9.84 Å². The fraction of sp³-hybridized carbons (Fsp3) is 0.636. The van der Waals surface area contributed by atoms with Crippen molar-refractivity contribution < 1.29 is 14.6 Å².